The molecule has 3 aliphatic heterocycles. The van der Waals surface area contributed by atoms with Crippen LogP contribution in [0.15, 0.2) is 0 Å². The van der Waals surface area contributed by atoms with E-state index in [-0.39, 0.29) is 0 Å². The lowest BCUT2D eigenvalue weighted by atomic mass is 10.1. The maximum absolute atomic E-state index is 5.56. The number of hydrogen-bond acceptors (Lipinski definition) is 3. The fourth-order valence-electron chi connectivity index (χ4n) is 2.01. The standard InChI is InChI=1S/C10H16O3/c1-5-7(11-5)3-9-10(13-9)4-8-6(2)12-8/h5-10H,3-4H2,1-2H3. The summed E-state index contributed by atoms with van der Waals surface area (Å²) in [5.41, 5.74) is 0. The summed E-state index contributed by atoms with van der Waals surface area (Å²) >= 11 is 0. The van der Waals surface area contributed by atoms with E-state index in [0.717, 1.165) is 12.8 Å². The minimum atomic E-state index is 0.464. The van der Waals surface area contributed by atoms with Crippen LogP contribution in [0.4, 0.5) is 0 Å². The molecule has 3 rings (SSSR count). The van der Waals surface area contributed by atoms with Gasteiger partial charge in [-0.3, -0.25) is 0 Å². The third kappa shape index (κ3) is 1.73. The fourth-order valence-corrected chi connectivity index (χ4v) is 2.01. The van der Waals surface area contributed by atoms with Crippen LogP contribution < -0.4 is 0 Å². The molecule has 0 spiro atoms. The van der Waals surface area contributed by atoms with E-state index in [1.54, 1.807) is 0 Å². The van der Waals surface area contributed by atoms with Gasteiger partial charge in [-0.1, -0.05) is 0 Å². The molecule has 0 saturated carbocycles. The number of hydrogen-bond donors (Lipinski definition) is 0. The summed E-state index contributed by atoms with van der Waals surface area (Å²) in [5, 5.41) is 0. The van der Waals surface area contributed by atoms with Crippen LogP contribution in [0.2, 0.25) is 0 Å². The molecule has 74 valence electrons. The molecule has 3 heterocycles. The van der Waals surface area contributed by atoms with Crippen LogP contribution >= 0.6 is 0 Å². The molecular weight excluding hydrogens is 168 g/mol. The summed E-state index contributed by atoms with van der Waals surface area (Å²) in [6.45, 7) is 4.24. The van der Waals surface area contributed by atoms with E-state index in [1.807, 2.05) is 0 Å². The lowest BCUT2D eigenvalue weighted by Gasteiger charge is -1.88. The van der Waals surface area contributed by atoms with Crippen molar-refractivity contribution in [3.8, 4) is 0 Å². The van der Waals surface area contributed by atoms with E-state index in [2.05, 4.69) is 13.8 Å². The van der Waals surface area contributed by atoms with Crippen LogP contribution in [0.25, 0.3) is 0 Å². The third-order valence-corrected chi connectivity index (χ3v) is 3.29. The molecule has 0 bridgehead atoms. The maximum Gasteiger partial charge on any atom is 0.0868 e. The number of rotatable bonds is 4. The zero-order valence-electron chi connectivity index (χ0n) is 8.10. The van der Waals surface area contributed by atoms with Crippen molar-refractivity contribution in [2.45, 2.75) is 63.3 Å². The Bertz CT molecular complexity index is 196. The molecule has 0 amide bonds. The van der Waals surface area contributed by atoms with E-state index in [0.29, 0.717) is 36.6 Å². The quantitative estimate of drug-likeness (QED) is 0.614. The molecule has 3 nitrogen and oxygen atoms in total. The van der Waals surface area contributed by atoms with Gasteiger partial charge in [0.05, 0.1) is 36.6 Å². The van der Waals surface area contributed by atoms with Gasteiger partial charge in [-0.05, 0) is 13.8 Å². The Morgan fingerprint density at radius 3 is 1.38 bits per heavy atom. The van der Waals surface area contributed by atoms with E-state index in [9.17, 15) is 0 Å². The Hall–Kier alpha value is -0.120. The average molecular weight is 184 g/mol. The molecule has 0 aromatic heterocycles. The summed E-state index contributed by atoms with van der Waals surface area (Å²) in [4.78, 5) is 0. The molecule has 0 aromatic carbocycles. The Balaban J connectivity index is 1.36. The van der Waals surface area contributed by atoms with Gasteiger partial charge in [0.2, 0.25) is 0 Å². The van der Waals surface area contributed by atoms with Gasteiger partial charge < -0.3 is 14.2 Å². The van der Waals surface area contributed by atoms with Gasteiger partial charge >= 0.3 is 0 Å². The topological polar surface area (TPSA) is 37.6 Å². The van der Waals surface area contributed by atoms with Crippen molar-refractivity contribution in [2.24, 2.45) is 0 Å². The molecule has 0 N–H and O–H groups in total. The highest BCUT2D eigenvalue weighted by atomic mass is 16.6. The third-order valence-electron chi connectivity index (χ3n) is 3.29. The van der Waals surface area contributed by atoms with Crippen molar-refractivity contribution in [2.75, 3.05) is 0 Å². The van der Waals surface area contributed by atoms with Crippen LogP contribution in [0.5, 0.6) is 0 Å². The number of ether oxygens (including phenoxy) is 3. The largest absolute Gasteiger partial charge is 0.370 e. The first-order valence-electron chi connectivity index (χ1n) is 5.20. The summed E-state index contributed by atoms with van der Waals surface area (Å²) in [6, 6.07) is 0. The summed E-state index contributed by atoms with van der Waals surface area (Å²) in [5.74, 6) is 0. The second kappa shape index (κ2) is 2.69. The van der Waals surface area contributed by atoms with Crippen molar-refractivity contribution >= 4 is 0 Å². The van der Waals surface area contributed by atoms with Crippen molar-refractivity contribution in [3.63, 3.8) is 0 Å². The molecular formula is C10H16O3. The molecule has 3 heteroatoms. The van der Waals surface area contributed by atoms with Gasteiger partial charge in [0.1, 0.15) is 0 Å². The zero-order valence-corrected chi connectivity index (χ0v) is 8.10. The normalized spacial score (nSPS) is 57.7. The molecule has 3 fully saturated rings. The average Bonchev–Trinajstić information content (AvgIpc) is 2.95. The Kier molecular flexibility index (Phi) is 1.70. The molecule has 6 atom stereocenters. The summed E-state index contributed by atoms with van der Waals surface area (Å²) in [6.07, 6.45) is 5.01. The molecule has 6 unspecified atom stereocenters. The highest BCUT2D eigenvalue weighted by molar-refractivity contribution is 4.97. The molecule has 0 aromatic rings. The molecule has 3 aliphatic rings. The van der Waals surface area contributed by atoms with Crippen molar-refractivity contribution in [3.05, 3.63) is 0 Å². The monoisotopic (exact) mass is 184 g/mol. The van der Waals surface area contributed by atoms with Crippen molar-refractivity contribution in [1.29, 1.82) is 0 Å². The SMILES string of the molecule is CC1OC1CC1OC1CC1OC1C. The van der Waals surface area contributed by atoms with E-state index in [1.165, 1.54) is 0 Å². The van der Waals surface area contributed by atoms with Crippen molar-refractivity contribution < 1.29 is 14.2 Å². The van der Waals surface area contributed by atoms with Gasteiger partial charge in [0.25, 0.3) is 0 Å². The van der Waals surface area contributed by atoms with Crippen LogP contribution in [0.3, 0.4) is 0 Å². The summed E-state index contributed by atoms with van der Waals surface area (Å²) < 4.78 is 16.2. The van der Waals surface area contributed by atoms with Gasteiger partial charge in [-0.15, -0.1) is 0 Å². The predicted molar refractivity (Wildman–Crippen MR) is 46.6 cm³/mol. The van der Waals surface area contributed by atoms with Crippen LogP contribution in [-0.4, -0.2) is 36.6 Å². The minimum absolute atomic E-state index is 0.464. The van der Waals surface area contributed by atoms with Gasteiger partial charge in [0, 0.05) is 12.8 Å². The Labute approximate surface area is 78.3 Å². The first kappa shape index (κ1) is 8.21. The van der Waals surface area contributed by atoms with Crippen LogP contribution in [-0.2, 0) is 14.2 Å². The highest BCUT2D eigenvalue weighted by Crippen LogP contribution is 2.40. The first-order chi connectivity index (χ1) is 6.24. The smallest absolute Gasteiger partial charge is 0.0868 e. The Morgan fingerprint density at radius 1 is 0.692 bits per heavy atom. The first-order valence-corrected chi connectivity index (χ1v) is 5.20. The molecule has 3 saturated heterocycles. The minimum Gasteiger partial charge on any atom is -0.370 e. The second-order valence-electron chi connectivity index (χ2n) is 4.44. The lowest BCUT2D eigenvalue weighted by Crippen LogP contribution is -2.03. The lowest BCUT2D eigenvalue weighted by molar-refractivity contribution is 0.312. The molecule has 0 radical (unpaired) electrons. The van der Waals surface area contributed by atoms with Crippen LogP contribution in [0.1, 0.15) is 26.7 Å². The Morgan fingerprint density at radius 2 is 1.08 bits per heavy atom. The molecule has 13 heavy (non-hydrogen) atoms. The van der Waals surface area contributed by atoms with E-state index < -0.39 is 0 Å². The summed E-state index contributed by atoms with van der Waals surface area (Å²) in [7, 11) is 0. The van der Waals surface area contributed by atoms with Gasteiger partial charge in [-0.2, -0.15) is 0 Å². The zero-order chi connectivity index (χ0) is 9.00. The predicted octanol–water partition coefficient (Wildman–Crippen LogP) is 1.11. The maximum atomic E-state index is 5.56. The van der Waals surface area contributed by atoms with Gasteiger partial charge in [-0.25, -0.2) is 0 Å². The second-order valence-corrected chi connectivity index (χ2v) is 4.44. The van der Waals surface area contributed by atoms with Crippen molar-refractivity contribution in [1.82, 2.24) is 0 Å². The molecule has 0 aliphatic carbocycles. The van der Waals surface area contributed by atoms with E-state index >= 15 is 0 Å². The highest BCUT2D eigenvalue weighted by Gasteiger charge is 2.49. The van der Waals surface area contributed by atoms with Gasteiger partial charge in [0.15, 0.2) is 0 Å². The van der Waals surface area contributed by atoms with E-state index in [4.69, 9.17) is 14.2 Å². The van der Waals surface area contributed by atoms with Crippen LogP contribution in [0, 0.1) is 0 Å². The fraction of sp³-hybridized carbons (Fsp3) is 1.00. The number of epoxide rings is 3.